The van der Waals surface area contributed by atoms with Crippen LogP contribution < -0.4 is 16.4 Å². The maximum absolute atomic E-state index is 11.9. The van der Waals surface area contributed by atoms with Gasteiger partial charge in [0.25, 0.3) is 5.91 Å². The Labute approximate surface area is 118 Å². The van der Waals surface area contributed by atoms with Crippen molar-refractivity contribution in [2.45, 2.75) is 6.92 Å². The number of anilines is 2. The molecule has 0 spiro atoms. The third-order valence-electron chi connectivity index (χ3n) is 2.82. The number of nitrogens with one attached hydrogen (secondary N) is 2. The van der Waals surface area contributed by atoms with Gasteiger partial charge in [-0.2, -0.15) is 0 Å². The van der Waals surface area contributed by atoms with Crippen LogP contribution in [0.25, 0.3) is 0 Å². The van der Waals surface area contributed by atoms with Gasteiger partial charge in [0.1, 0.15) is 5.82 Å². The Hall–Kier alpha value is -2.56. The van der Waals surface area contributed by atoms with Crippen LogP contribution in [-0.4, -0.2) is 24.0 Å². The molecule has 20 heavy (non-hydrogen) atoms. The Morgan fingerprint density at radius 2 is 2.10 bits per heavy atom. The number of carbonyl (C=O) groups excluding carboxylic acids is 1. The van der Waals surface area contributed by atoms with E-state index >= 15 is 0 Å². The molecule has 104 valence electrons. The Morgan fingerprint density at radius 3 is 2.85 bits per heavy atom. The third-order valence-corrected chi connectivity index (χ3v) is 2.82. The summed E-state index contributed by atoms with van der Waals surface area (Å²) in [7, 11) is 0. The van der Waals surface area contributed by atoms with Gasteiger partial charge in [0, 0.05) is 24.8 Å². The highest BCUT2D eigenvalue weighted by Gasteiger charge is 2.04. The Bertz CT molecular complexity index is 598. The first-order valence-corrected chi connectivity index (χ1v) is 6.46. The summed E-state index contributed by atoms with van der Waals surface area (Å²) in [6.45, 7) is 3.03. The van der Waals surface area contributed by atoms with Crippen LogP contribution in [0, 0.1) is 6.92 Å². The number of benzene rings is 1. The van der Waals surface area contributed by atoms with Crippen molar-refractivity contribution in [3.63, 3.8) is 0 Å². The highest BCUT2D eigenvalue weighted by Crippen LogP contribution is 2.11. The molecule has 0 saturated carbocycles. The van der Waals surface area contributed by atoms with Crippen molar-refractivity contribution in [2.24, 2.45) is 0 Å². The molecule has 0 aliphatic rings. The number of pyridine rings is 1. The summed E-state index contributed by atoms with van der Waals surface area (Å²) in [5.74, 6) is 0.557. The monoisotopic (exact) mass is 270 g/mol. The van der Waals surface area contributed by atoms with Crippen molar-refractivity contribution in [1.29, 1.82) is 0 Å². The first-order chi connectivity index (χ1) is 9.66. The molecule has 0 saturated heterocycles. The van der Waals surface area contributed by atoms with Crippen LogP contribution in [0.3, 0.4) is 0 Å². The van der Waals surface area contributed by atoms with Gasteiger partial charge >= 0.3 is 0 Å². The number of aromatic nitrogens is 1. The van der Waals surface area contributed by atoms with Gasteiger partial charge in [0.15, 0.2) is 0 Å². The normalized spacial score (nSPS) is 10.1. The predicted octanol–water partition coefficient (Wildman–Crippen LogP) is 1.81. The van der Waals surface area contributed by atoms with E-state index in [2.05, 4.69) is 15.6 Å². The van der Waals surface area contributed by atoms with Crippen LogP contribution in [0.15, 0.2) is 42.6 Å². The summed E-state index contributed by atoms with van der Waals surface area (Å²) in [5, 5.41) is 5.93. The molecular formula is C15H18N4O. The highest BCUT2D eigenvalue weighted by atomic mass is 16.1. The Morgan fingerprint density at radius 1 is 1.25 bits per heavy atom. The molecule has 1 heterocycles. The van der Waals surface area contributed by atoms with E-state index in [4.69, 9.17) is 5.73 Å². The van der Waals surface area contributed by atoms with Crippen molar-refractivity contribution >= 4 is 17.4 Å². The summed E-state index contributed by atoms with van der Waals surface area (Å²) < 4.78 is 0. The number of nitrogen functional groups attached to an aromatic ring is 1. The molecule has 0 aliphatic carbocycles. The van der Waals surface area contributed by atoms with E-state index in [9.17, 15) is 4.79 Å². The maximum Gasteiger partial charge on any atom is 0.251 e. The summed E-state index contributed by atoms with van der Waals surface area (Å²) in [6, 6.07) is 11.0. The fourth-order valence-electron chi connectivity index (χ4n) is 1.81. The smallest absolute Gasteiger partial charge is 0.251 e. The fraction of sp³-hybridized carbons (Fsp3) is 0.200. The van der Waals surface area contributed by atoms with Gasteiger partial charge in [-0.3, -0.25) is 4.79 Å². The van der Waals surface area contributed by atoms with Gasteiger partial charge in [-0.1, -0.05) is 17.7 Å². The number of nitrogens with zero attached hydrogens (tertiary/aromatic N) is 1. The second-order valence-corrected chi connectivity index (χ2v) is 4.49. The van der Waals surface area contributed by atoms with E-state index in [-0.39, 0.29) is 5.91 Å². The van der Waals surface area contributed by atoms with Crippen LogP contribution in [-0.2, 0) is 0 Å². The molecule has 4 N–H and O–H groups in total. The summed E-state index contributed by atoms with van der Waals surface area (Å²) in [5.41, 5.74) is 8.09. The van der Waals surface area contributed by atoms with Gasteiger partial charge in [0.05, 0.1) is 5.69 Å². The molecule has 1 amide bonds. The lowest BCUT2D eigenvalue weighted by Crippen LogP contribution is -2.29. The number of aryl methyl sites for hydroxylation is 1. The number of carbonyl (C=O) groups is 1. The number of rotatable bonds is 5. The van der Waals surface area contributed by atoms with Gasteiger partial charge in [0.2, 0.25) is 0 Å². The predicted molar refractivity (Wildman–Crippen MR) is 80.7 cm³/mol. The third kappa shape index (κ3) is 3.71. The van der Waals surface area contributed by atoms with Crippen LogP contribution in [0.2, 0.25) is 0 Å². The zero-order valence-corrected chi connectivity index (χ0v) is 11.4. The van der Waals surface area contributed by atoms with E-state index in [0.29, 0.717) is 30.2 Å². The fourth-order valence-corrected chi connectivity index (χ4v) is 1.81. The first kappa shape index (κ1) is 13.9. The van der Waals surface area contributed by atoms with Crippen LogP contribution in [0.5, 0.6) is 0 Å². The molecule has 0 atom stereocenters. The van der Waals surface area contributed by atoms with E-state index < -0.39 is 0 Å². The lowest BCUT2D eigenvalue weighted by Gasteiger charge is -2.09. The number of hydrogen-bond donors (Lipinski definition) is 3. The molecule has 5 nitrogen and oxygen atoms in total. The Kier molecular flexibility index (Phi) is 4.55. The lowest BCUT2D eigenvalue weighted by molar-refractivity contribution is 0.0955. The second kappa shape index (κ2) is 6.56. The van der Waals surface area contributed by atoms with Crippen molar-refractivity contribution in [2.75, 3.05) is 24.1 Å². The summed E-state index contributed by atoms with van der Waals surface area (Å²) in [6.07, 6.45) is 1.67. The van der Waals surface area contributed by atoms with Gasteiger partial charge < -0.3 is 16.4 Å². The average Bonchev–Trinajstić information content (AvgIpc) is 2.45. The second-order valence-electron chi connectivity index (χ2n) is 4.49. The molecule has 0 radical (unpaired) electrons. The molecule has 0 unspecified atom stereocenters. The van der Waals surface area contributed by atoms with E-state index in [0.717, 1.165) is 5.56 Å². The maximum atomic E-state index is 11.9. The molecule has 0 fully saturated rings. The van der Waals surface area contributed by atoms with Gasteiger partial charge in [-0.05, 0) is 31.2 Å². The molecule has 2 rings (SSSR count). The van der Waals surface area contributed by atoms with E-state index in [1.54, 1.807) is 24.4 Å². The number of hydrogen-bond acceptors (Lipinski definition) is 4. The molecule has 0 bridgehead atoms. The lowest BCUT2D eigenvalue weighted by atomic mass is 10.1. The van der Waals surface area contributed by atoms with Crippen LogP contribution in [0.1, 0.15) is 15.9 Å². The quantitative estimate of drug-likeness (QED) is 0.724. The standard InChI is InChI=1S/C15H18N4O/c1-11-4-2-5-12(10-11)15(20)19-9-8-18-14-13(16)6-3-7-17-14/h2-7,10H,8-9,16H2,1H3,(H,17,18)(H,19,20). The van der Waals surface area contributed by atoms with Crippen LogP contribution >= 0.6 is 0 Å². The molecule has 5 heteroatoms. The van der Waals surface area contributed by atoms with Crippen LogP contribution in [0.4, 0.5) is 11.5 Å². The molecule has 1 aromatic carbocycles. The summed E-state index contributed by atoms with van der Waals surface area (Å²) in [4.78, 5) is 16.0. The summed E-state index contributed by atoms with van der Waals surface area (Å²) >= 11 is 0. The average molecular weight is 270 g/mol. The molecule has 2 aromatic rings. The minimum absolute atomic E-state index is 0.0792. The zero-order valence-electron chi connectivity index (χ0n) is 11.4. The van der Waals surface area contributed by atoms with Crippen molar-refractivity contribution in [1.82, 2.24) is 10.3 Å². The minimum atomic E-state index is -0.0792. The van der Waals surface area contributed by atoms with E-state index in [1.165, 1.54) is 0 Å². The van der Waals surface area contributed by atoms with Crippen molar-refractivity contribution in [3.8, 4) is 0 Å². The molecule has 0 aliphatic heterocycles. The zero-order chi connectivity index (χ0) is 14.4. The highest BCUT2D eigenvalue weighted by molar-refractivity contribution is 5.94. The minimum Gasteiger partial charge on any atom is -0.396 e. The van der Waals surface area contributed by atoms with Gasteiger partial charge in [-0.15, -0.1) is 0 Å². The topological polar surface area (TPSA) is 80.0 Å². The first-order valence-electron chi connectivity index (χ1n) is 6.46. The van der Waals surface area contributed by atoms with Crippen molar-refractivity contribution < 1.29 is 4.79 Å². The molecular weight excluding hydrogens is 252 g/mol. The van der Waals surface area contributed by atoms with Crippen molar-refractivity contribution in [3.05, 3.63) is 53.7 Å². The van der Waals surface area contributed by atoms with E-state index in [1.807, 2.05) is 25.1 Å². The van der Waals surface area contributed by atoms with Gasteiger partial charge in [-0.25, -0.2) is 4.98 Å². The number of nitrogens with two attached hydrogens (primary N) is 1. The Balaban J connectivity index is 1.79. The molecule has 1 aromatic heterocycles. The number of amides is 1. The largest absolute Gasteiger partial charge is 0.396 e. The SMILES string of the molecule is Cc1cccc(C(=O)NCCNc2ncccc2N)c1.